The number of hydroxylamine groups is 2. The van der Waals surface area contributed by atoms with Crippen molar-refractivity contribution in [2.45, 2.75) is 43.4 Å². The van der Waals surface area contributed by atoms with Gasteiger partial charge in [-0.3, -0.25) is 19.2 Å². The van der Waals surface area contributed by atoms with Gasteiger partial charge in [-0.1, -0.05) is 24.3 Å². The molecular formula is C24H29N3O8. The summed E-state index contributed by atoms with van der Waals surface area (Å²) < 4.78 is 17.1. The van der Waals surface area contributed by atoms with Crippen molar-refractivity contribution in [1.82, 2.24) is 15.3 Å². The summed E-state index contributed by atoms with van der Waals surface area (Å²) >= 11 is 0. The fraction of sp³-hybridized carbons (Fsp3) is 0.542. The highest BCUT2D eigenvalue weighted by Gasteiger charge is 2.74. The van der Waals surface area contributed by atoms with Crippen LogP contribution >= 0.6 is 0 Å². The second-order valence-electron chi connectivity index (χ2n) is 9.39. The molecule has 2 amide bonds. The number of fused-ring (bicyclic) bond motifs is 4. The highest BCUT2D eigenvalue weighted by molar-refractivity contribution is 5.93. The van der Waals surface area contributed by atoms with Gasteiger partial charge in [-0.2, -0.15) is 5.06 Å². The van der Waals surface area contributed by atoms with Crippen LogP contribution in [0.1, 0.15) is 17.5 Å². The number of nitrogens with one attached hydrogen (secondary N) is 1. The van der Waals surface area contributed by atoms with E-state index >= 15 is 0 Å². The summed E-state index contributed by atoms with van der Waals surface area (Å²) in [5.41, 5.74) is 0.471. The number of likely N-dealkylation sites (N-methyl/N-ethyl adjacent to an activating group) is 1. The minimum absolute atomic E-state index is 0.0353. The number of amides is 2. The van der Waals surface area contributed by atoms with E-state index in [0.717, 1.165) is 11.1 Å². The van der Waals surface area contributed by atoms with Crippen molar-refractivity contribution < 1.29 is 38.5 Å². The predicted octanol–water partition coefficient (Wildman–Crippen LogP) is -0.562. The van der Waals surface area contributed by atoms with Crippen molar-refractivity contribution in [3.63, 3.8) is 0 Å². The second-order valence-corrected chi connectivity index (χ2v) is 9.39. The van der Waals surface area contributed by atoms with Gasteiger partial charge in [0.25, 0.3) is 0 Å². The van der Waals surface area contributed by atoms with E-state index in [-0.39, 0.29) is 44.7 Å². The lowest BCUT2D eigenvalue weighted by Crippen LogP contribution is -2.69. The molecule has 3 heterocycles. The summed E-state index contributed by atoms with van der Waals surface area (Å²) in [5, 5.41) is 13.5. The van der Waals surface area contributed by atoms with Gasteiger partial charge in [-0.05, 0) is 17.2 Å². The zero-order valence-corrected chi connectivity index (χ0v) is 19.6. The van der Waals surface area contributed by atoms with Crippen LogP contribution in [0.5, 0.6) is 0 Å². The van der Waals surface area contributed by atoms with E-state index in [0.29, 0.717) is 0 Å². The van der Waals surface area contributed by atoms with E-state index in [9.17, 15) is 19.5 Å². The summed E-state index contributed by atoms with van der Waals surface area (Å²) in [6.45, 7) is 0.112. The lowest BCUT2D eigenvalue weighted by atomic mass is 9.62. The van der Waals surface area contributed by atoms with Crippen LogP contribution < -0.4 is 5.32 Å². The van der Waals surface area contributed by atoms with E-state index < -0.39 is 41.8 Å². The molecule has 0 aromatic heterocycles. The van der Waals surface area contributed by atoms with Crippen LogP contribution in [0, 0.1) is 5.41 Å². The molecule has 3 aliphatic heterocycles. The molecule has 3 saturated heterocycles. The Bertz CT molecular complexity index is 1030. The van der Waals surface area contributed by atoms with E-state index in [4.69, 9.17) is 19.0 Å². The summed E-state index contributed by atoms with van der Waals surface area (Å²) in [4.78, 5) is 46.1. The summed E-state index contributed by atoms with van der Waals surface area (Å²) in [7, 11) is 3.37. The number of hydrogen-bond acceptors (Lipinski definition) is 9. The number of esters is 1. The lowest BCUT2D eigenvalue weighted by molar-refractivity contribution is -0.201. The van der Waals surface area contributed by atoms with E-state index in [1.807, 2.05) is 24.3 Å². The highest BCUT2D eigenvalue weighted by atomic mass is 16.8. The number of benzene rings is 1. The number of hydrogen-bond donors (Lipinski definition) is 2. The van der Waals surface area contributed by atoms with Crippen LogP contribution in [0.25, 0.3) is 6.08 Å². The van der Waals surface area contributed by atoms with Gasteiger partial charge in [0.15, 0.2) is 6.04 Å². The molecule has 1 saturated carbocycles. The molecule has 4 aliphatic rings. The standard InChI is InChI=1S/C24H29N3O8/c1-26(2)17(29)8-7-14-3-5-15(6-4-14)12-27-20-22(30)34-16-11-24(20,23(31)25-9-10-28)21(35-27)19-18(16)32-13-33-19/h3-8,16,18-21,28H,9-13H2,1-2H3,(H,25,31)/t16-,18+,19+,20+,21-,24+/m1/s1. The molecule has 0 spiro atoms. The summed E-state index contributed by atoms with van der Waals surface area (Å²) in [6.07, 6.45) is 1.06. The Morgan fingerprint density at radius 3 is 2.69 bits per heavy atom. The number of ether oxygens (including phenoxy) is 3. The van der Waals surface area contributed by atoms with E-state index in [2.05, 4.69) is 5.32 Å². The molecule has 188 valence electrons. The molecule has 1 aliphatic carbocycles. The first-order valence-corrected chi connectivity index (χ1v) is 11.6. The van der Waals surface area contributed by atoms with Gasteiger partial charge in [0, 0.05) is 33.1 Å². The van der Waals surface area contributed by atoms with Crippen molar-refractivity contribution in [2.24, 2.45) is 5.41 Å². The quantitative estimate of drug-likeness (QED) is 0.384. The van der Waals surface area contributed by atoms with Crippen molar-refractivity contribution >= 4 is 23.9 Å². The summed E-state index contributed by atoms with van der Waals surface area (Å²) in [6, 6.07) is 6.50. The Balaban J connectivity index is 1.40. The molecule has 11 nitrogen and oxygen atoms in total. The van der Waals surface area contributed by atoms with E-state index in [1.165, 1.54) is 16.0 Å². The highest BCUT2D eigenvalue weighted by Crippen LogP contribution is 2.55. The smallest absolute Gasteiger partial charge is 0.327 e. The molecule has 2 N–H and O–H groups in total. The molecule has 5 rings (SSSR count). The maximum Gasteiger partial charge on any atom is 0.327 e. The molecule has 35 heavy (non-hydrogen) atoms. The molecular weight excluding hydrogens is 458 g/mol. The maximum absolute atomic E-state index is 13.4. The zero-order chi connectivity index (χ0) is 24.7. The van der Waals surface area contributed by atoms with Crippen molar-refractivity contribution in [2.75, 3.05) is 34.0 Å². The van der Waals surface area contributed by atoms with Crippen LogP contribution in [-0.2, 0) is 40.0 Å². The van der Waals surface area contributed by atoms with Crippen molar-refractivity contribution in [3.05, 3.63) is 41.5 Å². The minimum atomic E-state index is -1.22. The number of aliphatic hydroxyl groups is 1. The number of carbonyl (C=O) groups excluding carboxylic acids is 3. The largest absolute Gasteiger partial charge is 0.458 e. The third kappa shape index (κ3) is 4.03. The predicted molar refractivity (Wildman–Crippen MR) is 120 cm³/mol. The topological polar surface area (TPSA) is 127 Å². The molecule has 0 radical (unpaired) electrons. The second kappa shape index (κ2) is 9.32. The van der Waals surface area contributed by atoms with Crippen molar-refractivity contribution in [1.29, 1.82) is 0 Å². The number of carbonyl (C=O) groups is 3. The fourth-order valence-corrected chi connectivity index (χ4v) is 5.40. The lowest BCUT2D eigenvalue weighted by Gasteiger charge is -2.48. The monoisotopic (exact) mass is 487 g/mol. The fourth-order valence-electron chi connectivity index (χ4n) is 5.40. The SMILES string of the molecule is CN(C)C(=O)C=Cc1ccc(CN2O[C@@H]3[C@H]4OCO[C@H]4[C@H]4C[C@]3(C(=O)NCCO)[C@@H]2C(=O)O4)cc1. The molecule has 2 bridgehead atoms. The Hall–Kier alpha value is -2.83. The first-order chi connectivity index (χ1) is 16.8. The normalized spacial score (nSPS) is 33.5. The van der Waals surface area contributed by atoms with Crippen LogP contribution in [-0.4, -0.2) is 97.4 Å². The maximum atomic E-state index is 13.4. The molecule has 0 unspecified atom stereocenters. The Morgan fingerprint density at radius 2 is 1.97 bits per heavy atom. The molecule has 6 atom stereocenters. The number of aliphatic hydroxyl groups excluding tert-OH is 1. The zero-order valence-electron chi connectivity index (χ0n) is 19.6. The average molecular weight is 488 g/mol. The Kier molecular flexibility index (Phi) is 6.36. The van der Waals surface area contributed by atoms with Gasteiger partial charge >= 0.3 is 5.97 Å². The van der Waals surface area contributed by atoms with Gasteiger partial charge in [0.1, 0.15) is 36.6 Å². The van der Waals surface area contributed by atoms with Crippen LogP contribution in [0.4, 0.5) is 0 Å². The van der Waals surface area contributed by atoms with Gasteiger partial charge in [0.2, 0.25) is 11.8 Å². The Morgan fingerprint density at radius 1 is 1.23 bits per heavy atom. The minimum Gasteiger partial charge on any atom is -0.458 e. The number of nitrogens with zero attached hydrogens (tertiary/aromatic N) is 2. The Labute approximate surface area is 202 Å². The van der Waals surface area contributed by atoms with Gasteiger partial charge in [0.05, 0.1) is 13.2 Å². The van der Waals surface area contributed by atoms with Crippen LogP contribution in [0.15, 0.2) is 30.3 Å². The first-order valence-electron chi connectivity index (χ1n) is 11.6. The summed E-state index contributed by atoms with van der Waals surface area (Å²) in [5.74, 6) is -1.03. The van der Waals surface area contributed by atoms with Gasteiger partial charge in [-0.25, -0.2) is 0 Å². The van der Waals surface area contributed by atoms with Crippen molar-refractivity contribution in [3.8, 4) is 0 Å². The third-order valence-electron chi connectivity index (χ3n) is 7.07. The van der Waals surface area contributed by atoms with E-state index in [1.54, 1.807) is 20.2 Å². The van der Waals surface area contributed by atoms with Gasteiger partial charge < -0.3 is 29.5 Å². The number of rotatable bonds is 7. The molecule has 1 aromatic rings. The van der Waals surface area contributed by atoms with Crippen LogP contribution in [0.3, 0.4) is 0 Å². The van der Waals surface area contributed by atoms with Crippen LogP contribution in [0.2, 0.25) is 0 Å². The van der Waals surface area contributed by atoms with Gasteiger partial charge in [-0.15, -0.1) is 0 Å². The average Bonchev–Trinajstić information content (AvgIpc) is 3.46. The first kappa shape index (κ1) is 23.9. The third-order valence-corrected chi connectivity index (χ3v) is 7.07. The molecule has 4 fully saturated rings. The molecule has 11 heteroatoms. The molecule has 1 aromatic carbocycles.